The fraction of sp³-hybridized carbons (Fsp3) is 0.565. The lowest BCUT2D eigenvalue weighted by Gasteiger charge is -2.37. The van der Waals surface area contributed by atoms with Crippen LogP contribution in [0.4, 0.5) is 0 Å². The van der Waals surface area contributed by atoms with Crippen LogP contribution in [-0.2, 0) is 22.4 Å². The van der Waals surface area contributed by atoms with Crippen LogP contribution in [0, 0.1) is 0 Å². The van der Waals surface area contributed by atoms with Crippen LogP contribution in [0.5, 0.6) is 0 Å². The average Bonchev–Trinajstić information content (AvgIpc) is 3.55. The van der Waals surface area contributed by atoms with Crippen molar-refractivity contribution in [3.05, 3.63) is 35.7 Å². The minimum absolute atomic E-state index is 0.139. The number of aromatic nitrogens is 2. The number of carbonyl (C=O) groups excluding carboxylic acids is 1. The summed E-state index contributed by atoms with van der Waals surface area (Å²) in [6, 6.07) is 8.21. The van der Waals surface area contributed by atoms with Gasteiger partial charge in [-0.05, 0) is 37.0 Å². The molecule has 1 amide bonds. The second kappa shape index (κ2) is 10.6. The number of hydrogen-bond acceptors (Lipinski definition) is 6. The molecule has 4 rings (SSSR count). The minimum Gasteiger partial charge on any atom is -0.368 e. The van der Waals surface area contributed by atoms with Gasteiger partial charge >= 0.3 is 0 Å². The zero-order valence-corrected chi connectivity index (χ0v) is 18.9. The number of amides is 1. The van der Waals surface area contributed by atoms with E-state index in [0.29, 0.717) is 25.6 Å². The second-order valence-electron chi connectivity index (χ2n) is 8.10. The molecule has 32 heavy (non-hydrogen) atoms. The molecule has 9 nitrogen and oxygen atoms in total. The van der Waals surface area contributed by atoms with E-state index in [1.807, 2.05) is 24.0 Å². The summed E-state index contributed by atoms with van der Waals surface area (Å²) in [6.07, 6.45) is 3.22. The summed E-state index contributed by atoms with van der Waals surface area (Å²) in [5, 5.41) is 7.40. The Labute approximate surface area is 188 Å². The zero-order chi connectivity index (χ0) is 22.3. The molecule has 1 N–H and O–H groups in total. The number of benzene rings is 1. The highest BCUT2D eigenvalue weighted by atomic mass is 16.5. The molecule has 0 radical (unpaired) electrons. The van der Waals surface area contributed by atoms with Gasteiger partial charge in [0.25, 0.3) is 11.8 Å². The van der Waals surface area contributed by atoms with Crippen molar-refractivity contribution in [3.63, 3.8) is 0 Å². The van der Waals surface area contributed by atoms with Gasteiger partial charge in [0.05, 0.1) is 0 Å². The molecule has 1 aromatic heterocycles. The van der Waals surface area contributed by atoms with Gasteiger partial charge < -0.3 is 24.4 Å². The third-order valence-electron chi connectivity index (χ3n) is 5.99. The van der Waals surface area contributed by atoms with E-state index in [1.165, 1.54) is 5.56 Å². The largest absolute Gasteiger partial charge is 0.368 e. The highest BCUT2D eigenvalue weighted by Crippen LogP contribution is 2.18. The molecule has 3 heterocycles. The van der Waals surface area contributed by atoms with Gasteiger partial charge in [-0.3, -0.25) is 9.79 Å². The highest BCUT2D eigenvalue weighted by molar-refractivity contribution is 5.82. The summed E-state index contributed by atoms with van der Waals surface area (Å²) in [5.41, 5.74) is 2.15. The number of rotatable bonds is 6. The van der Waals surface area contributed by atoms with Gasteiger partial charge in [0.2, 0.25) is 0 Å². The Bertz CT molecular complexity index is 912. The summed E-state index contributed by atoms with van der Waals surface area (Å²) in [7, 11) is 1.80. The molecular formula is C23H32N6O3. The van der Waals surface area contributed by atoms with Crippen LogP contribution in [0.1, 0.15) is 31.2 Å². The van der Waals surface area contributed by atoms with E-state index < -0.39 is 0 Å². The third kappa shape index (κ3) is 5.27. The predicted octanol–water partition coefficient (Wildman–Crippen LogP) is 1.74. The van der Waals surface area contributed by atoms with Crippen molar-refractivity contribution in [2.45, 2.75) is 38.7 Å². The van der Waals surface area contributed by atoms with Crippen LogP contribution in [0.3, 0.4) is 0 Å². The van der Waals surface area contributed by atoms with E-state index >= 15 is 0 Å². The first-order valence-electron chi connectivity index (χ1n) is 11.5. The van der Waals surface area contributed by atoms with Crippen LogP contribution in [0.25, 0.3) is 11.5 Å². The van der Waals surface area contributed by atoms with E-state index in [-0.39, 0.29) is 12.0 Å². The minimum atomic E-state index is -0.237. The summed E-state index contributed by atoms with van der Waals surface area (Å²) in [6.45, 7) is 6.44. The molecule has 2 aliphatic rings. The summed E-state index contributed by atoms with van der Waals surface area (Å²) >= 11 is 0. The highest BCUT2D eigenvalue weighted by Gasteiger charge is 2.30. The monoisotopic (exact) mass is 440 g/mol. The number of nitrogens with zero attached hydrogens (tertiary/aromatic N) is 5. The molecule has 1 aromatic carbocycles. The maximum absolute atomic E-state index is 12.5. The Morgan fingerprint density at radius 2 is 1.94 bits per heavy atom. The lowest BCUT2D eigenvalue weighted by molar-refractivity contribution is -0.142. The molecule has 1 atom stereocenters. The maximum Gasteiger partial charge on any atom is 0.257 e. The van der Waals surface area contributed by atoms with E-state index in [1.54, 1.807) is 7.05 Å². The normalized spacial score (nSPS) is 19.4. The Kier molecular flexibility index (Phi) is 7.36. The van der Waals surface area contributed by atoms with Gasteiger partial charge in [0.1, 0.15) is 6.10 Å². The van der Waals surface area contributed by atoms with Crippen molar-refractivity contribution >= 4 is 11.9 Å². The molecule has 2 fully saturated rings. The van der Waals surface area contributed by atoms with Crippen LogP contribution in [0.2, 0.25) is 0 Å². The number of hydrogen-bond donors (Lipinski definition) is 1. The standard InChI is InChI=1S/C23H32N6O3/c1-3-20-26-21(32-27-20)18-8-6-17(7-9-18)10-11-25-23(24-2)29-14-12-28(13-15-29)22(30)19-5-4-16-31-19/h6-9,19H,3-5,10-16H2,1-2H3,(H,24,25). The molecule has 2 saturated heterocycles. The smallest absolute Gasteiger partial charge is 0.257 e. The molecule has 2 aromatic rings. The van der Waals surface area contributed by atoms with Crippen LogP contribution >= 0.6 is 0 Å². The van der Waals surface area contributed by atoms with Crippen LogP contribution < -0.4 is 5.32 Å². The average molecular weight is 441 g/mol. The quantitative estimate of drug-likeness (QED) is 0.540. The van der Waals surface area contributed by atoms with Crippen molar-refractivity contribution in [3.8, 4) is 11.5 Å². The van der Waals surface area contributed by atoms with Gasteiger partial charge in [0.15, 0.2) is 11.8 Å². The maximum atomic E-state index is 12.5. The molecule has 0 spiro atoms. The van der Waals surface area contributed by atoms with E-state index in [4.69, 9.17) is 9.26 Å². The second-order valence-corrected chi connectivity index (χ2v) is 8.10. The van der Waals surface area contributed by atoms with Crippen LogP contribution in [-0.4, -0.2) is 84.3 Å². The van der Waals surface area contributed by atoms with Gasteiger partial charge in [-0.1, -0.05) is 24.2 Å². The number of piperazine rings is 1. The van der Waals surface area contributed by atoms with Gasteiger partial charge in [0, 0.05) is 58.4 Å². The lowest BCUT2D eigenvalue weighted by atomic mass is 10.1. The number of aryl methyl sites for hydroxylation is 1. The fourth-order valence-electron chi connectivity index (χ4n) is 4.09. The first kappa shape index (κ1) is 22.3. The van der Waals surface area contributed by atoms with E-state index in [9.17, 15) is 4.79 Å². The van der Waals surface area contributed by atoms with Gasteiger partial charge in [-0.25, -0.2) is 0 Å². The third-order valence-corrected chi connectivity index (χ3v) is 5.99. The molecule has 9 heteroatoms. The van der Waals surface area contributed by atoms with Gasteiger partial charge in [-0.2, -0.15) is 4.98 Å². The number of guanidine groups is 1. The molecular weight excluding hydrogens is 408 g/mol. The van der Waals surface area contributed by atoms with Crippen molar-refractivity contribution in [2.75, 3.05) is 46.4 Å². The summed E-state index contributed by atoms with van der Waals surface area (Å²) in [4.78, 5) is 25.5. The number of nitrogens with one attached hydrogen (secondary N) is 1. The zero-order valence-electron chi connectivity index (χ0n) is 18.9. The van der Waals surface area contributed by atoms with Crippen molar-refractivity contribution in [1.82, 2.24) is 25.3 Å². The number of carbonyl (C=O) groups is 1. The topological polar surface area (TPSA) is 96.1 Å². The molecule has 0 aliphatic carbocycles. The first-order valence-corrected chi connectivity index (χ1v) is 11.5. The van der Waals surface area contributed by atoms with Crippen molar-refractivity contribution in [2.24, 2.45) is 4.99 Å². The Hall–Kier alpha value is -2.94. The van der Waals surface area contributed by atoms with E-state index in [0.717, 1.165) is 62.7 Å². The van der Waals surface area contributed by atoms with Crippen LogP contribution in [0.15, 0.2) is 33.8 Å². The Balaban J connectivity index is 1.22. The number of ether oxygens (including phenoxy) is 1. The Morgan fingerprint density at radius 1 is 1.19 bits per heavy atom. The van der Waals surface area contributed by atoms with Crippen molar-refractivity contribution < 1.29 is 14.1 Å². The first-order chi connectivity index (χ1) is 15.7. The molecule has 2 aliphatic heterocycles. The molecule has 1 unspecified atom stereocenters. The molecule has 172 valence electrons. The Morgan fingerprint density at radius 3 is 2.56 bits per heavy atom. The molecule has 0 bridgehead atoms. The number of aliphatic imine (C=N–C) groups is 1. The van der Waals surface area contributed by atoms with Gasteiger partial charge in [-0.15, -0.1) is 0 Å². The molecule has 0 saturated carbocycles. The van der Waals surface area contributed by atoms with E-state index in [2.05, 4.69) is 37.5 Å². The predicted molar refractivity (Wildman–Crippen MR) is 121 cm³/mol. The fourth-order valence-corrected chi connectivity index (χ4v) is 4.09. The lowest BCUT2D eigenvalue weighted by Crippen LogP contribution is -2.55. The van der Waals surface area contributed by atoms with Crippen molar-refractivity contribution in [1.29, 1.82) is 0 Å². The summed E-state index contributed by atoms with van der Waals surface area (Å²) in [5.74, 6) is 2.30. The SMILES string of the molecule is CCc1noc(-c2ccc(CCNC(=NC)N3CCN(C(=O)C4CCCO4)CC3)cc2)n1. The summed E-state index contributed by atoms with van der Waals surface area (Å²) < 4.78 is 10.8.